The van der Waals surface area contributed by atoms with Crippen LogP contribution < -0.4 is 0 Å². The van der Waals surface area contributed by atoms with E-state index < -0.39 is 0 Å². The standard InChI is InChI=1S/C13H12N2O2/c14-8-10-4-1-2-5-11(10)9-15-12(16)6-3-7-13(15)17/h1-2,4-5H,3,6-7,9H2. The van der Waals surface area contributed by atoms with E-state index in [2.05, 4.69) is 6.07 Å². The third-order valence-electron chi connectivity index (χ3n) is 2.85. The van der Waals surface area contributed by atoms with Gasteiger partial charge in [-0.3, -0.25) is 14.5 Å². The molecule has 0 saturated carbocycles. The molecule has 0 unspecified atom stereocenters. The summed E-state index contributed by atoms with van der Waals surface area (Å²) in [4.78, 5) is 24.5. The van der Waals surface area contributed by atoms with Crippen molar-refractivity contribution >= 4 is 11.8 Å². The van der Waals surface area contributed by atoms with Gasteiger partial charge in [-0.2, -0.15) is 5.26 Å². The third kappa shape index (κ3) is 2.34. The molecule has 2 amide bonds. The first-order valence-electron chi connectivity index (χ1n) is 5.53. The molecule has 17 heavy (non-hydrogen) atoms. The maximum Gasteiger partial charge on any atom is 0.229 e. The van der Waals surface area contributed by atoms with Crippen molar-refractivity contribution in [3.8, 4) is 6.07 Å². The molecule has 2 rings (SSSR count). The summed E-state index contributed by atoms with van der Waals surface area (Å²) in [6.45, 7) is 0.210. The van der Waals surface area contributed by atoms with Crippen LogP contribution in [0.25, 0.3) is 0 Å². The van der Waals surface area contributed by atoms with E-state index >= 15 is 0 Å². The van der Waals surface area contributed by atoms with Gasteiger partial charge < -0.3 is 0 Å². The minimum Gasteiger partial charge on any atom is -0.278 e. The lowest BCUT2D eigenvalue weighted by Crippen LogP contribution is -2.39. The van der Waals surface area contributed by atoms with Crippen LogP contribution in [0.3, 0.4) is 0 Å². The first-order valence-corrected chi connectivity index (χ1v) is 5.53. The number of hydrogen-bond acceptors (Lipinski definition) is 3. The van der Waals surface area contributed by atoms with Crippen molar-refractivity contribution < 1.29 is 9.59 Å². The number of likely N-dealkylation sites (tertiary alicyclic amines) is 1. The number of carbonyl (C=O) groups excluding carboxylic acids is 2. The number of piperidine rings is 1. The number of carbonyl (C=O) groups is 2. The molecule has 1 saturated heterocycles. The molecular formula is C13H12N2O2. The molecule has 0 aliphatic carbocycles. The lowest BCUT2D eigenvalue weighted by Gasteiger charge is -2.25. The van der Waals surface area contributed by atoms with Gasteiger partial charge in [-0.25, -0.2) is 0 Å². The summed E-state index contributed by atoms with van der Waals surface area (Å²) in [6, 6.07) is 9.09. The molecule has 1 aliphatic heterocycles. The first-order chi connectivity index (χ1) is 8.22. The van der Waals surface area contributed by atoms with Crippen LogP contribution in [0, 0.1) is 11.3 Å². The summed E-state index contributed by atoms with van der Waals surface area (Å²) in [5.74, 6) is -0.289. The SMILES string of the molecule is N#Cc1ccccc1CN1C(=O)CCCC1=O. The first kappa shape index (κ1) is 11.3. The summed E-state index contributed by atoms with van der Waals surface area (Å²) in [5.41, 5.74) is 1.23. The van der Waals surface area contributed by atoms with Crippen LogP contribution in [-0.4, -0.2) is 16.7 Å². The van der Waals surface area contributed by atoms with Gasteiger partial charge in [0.1, 0.15) is 0 Å². The Hall–Kier alpha value is -2.15. The molecule has 4 nitrogen and oxygen atoms in total. The van der Waals surface area contributed by atoms with Crippen LogP contribution in [0.5, 0.6) is 0 Å². The molecule has 0 aromatic heterocycles. The summed E-state index contributed by atoms with van der Waals surface area (Å²) < 4.78 is 0. The van der Waals surface area contributed by atoms with Crippen molar-refractivity contribution in [2.75, 3.05) is 0 Å². The average molecular weight is 228 g/mol. The second kappa shape index (κ2) is 4.79. The van der Waals surface area contributed by atoms with E-state index in [9.17, 15) is 9.59 Å². The molecule has 1 fully saturated rings. The Morgan fingerprint density at radius 3 is 2.47 bits per heavy atom. The Kier molecular flexibility index (Phi) is 3.20. The van der Waals surface area contributed by atoms with Gasteiger partial charge in [-0.05, 0) is 18.1 Å². The lowest BCUT2D eigenvalue weighted by atomic mass is 10.1. The number of hydrogen-bond donors (Lipinski definition) is 0. The molecule has 1 aromatic carbocycles. The maximum atomic E-state index is 11.6. The zero-order valence-corrected chi connectivity index (χ0v) is 9.35. The number of nitrogens with zero attached hydrogens (tertiary/aromatic N) is 2. The van der Waals surface area contributed by atoms with Gasteiger partial charge >= 0.3 is 0 Å². The molecule has 1 heterocycles. The van der Waals surface area contributed by atoms with Gasteiger partial charge in [0.2, 0.25) is 11.8 Å². The van der Waals surface area contributed by atoms with Crippen LogP contribution in [-0.2, 0) is 16.1 Å². The Morgan fingerprint density at radius 1 is 1.18 bits per heavy atom. The molecule has 0 spiro atoms. The monoisotopic (exact) mass is 228 g/mol. The van der Waals surface area contributed by atoms with Gasteiger partial charge in [-0.15, -0.1) is 0 Å². The van der Waals surface area contributed by atoms with Crippen molar-refractivity contribution in [3.63, 3.8) is 0 Å². The Labute approximate surface area is 99.5 Å². The fourth-order valence-corrected chi connectivity index (χ4v) is 1.91. The molecule has 4 heteroatoms. The molecule has 0 bridgehead atoms. The van der Waals surface area contributed by atoms with E-state index in [1.807, 2.05) is 0 Å². The number of imide groups is 1. The Bertz CT molecular complexity index is 486. The van der Waals surface area contributed by atoms with Crippen molar-refractivity contribution in [1.29, 1.82) is 5.26 Å². The second-order valence-corrected chi connectivity index (χ2v) is 4.00. The van der Waals surface area contributed by atoms with E-state index in [1.54, 1.807) is 24.3 Å². The minimum absolute atomic E-state index is 0.144. The van der Waals surface area contributed by atoms with Crippen LogP contribution in [0.4, 0.5) is 0 Å². The largest absolute Gasteiger partial charge is 0.278 e. The summed E-state index contributed by atoms with van der Waals surface area (Å²) in [6.07, 6.45) is 1.47. The Balaban J connectivity index is 2.23. The molecule has 86 valence electrons. The van der Waals surface area contributed by atoms with E-state index in [0.717, 1.165) is 5.56 Å². The van der Waals surface area contributed by atoms with Crippen LogP contribution in [0.1, 0.15) is 30.4 Å². The van der Waals surface area contributed by atoms with Crippen molar-refractivity contribution in [1.82, 2.24) is 4.90 Å². The molecule has 0 radical (unpaired) electrons. The summed E-state index contributed by atoms with van der Waals surface area (Å²) in [5, 5.41) is 8.94. The van der Waals surface area contributed by atoms with Crippen molar-refractivity contribution in [2.24, 2.45) is 0 Å². The zero-order chi connectivity index (χ0) is 12.3. The molecular weight excluding hydrogens is 216 g/mol. The number of amides is 2. The highest BCUT2D eigenvalue weighted by molar-refractivity contribution is 5.97. The highest BCUT2D eigenvalue weighted by Gasteiger charge is 2.26. The third-order valence-corrected chi connectivity index (χ3v) is 2.85. The summed E-state index contributed by atoms with van der Waals surface area (Å²) in [7, 11) is 0. The normalized spacial score (nSPS) is 15.8. The van der Waals surface area contributed by atoms with Crippen molar-refractivity contribution in [3.05, 3.63) is 35.4 Å². The maximum absolute atomic E-state index is 11.6. The number of rotatable bonds is 2. The lowest BCUT2D eigenvalue weighted by molar-refractivity contribution is -0.148. The van der Waals surface area contributed by atoms with Crippen LogP contribution in [0.2, 0.25) is 0 Å². The predicted octanol–water partition coefficient (Wildman–Crippen LogP) is 1.60. The van der Waals surface area contributed by atoms with Gasteiger partial charge in [-0.1, -0.05) is 18.2 Å². The molecule has 0 atom stereocenters. The second-order valence-electron chi connectivity index (χ2n) is 4.00. The highest BCUT2D eigenvalue weighted by Crippen LogP contribution is 2.17. The van der Waals surface area contributed by atoms with Gasteiger partial charge in [0.15, 0.2) is 0 Å². The fourth-order valence-electron chi connectivity index (χ4n) is 1.91. The molecule has 1 aromatic rings. The number of benzene rings is 1. The van der Waals surface area contributed by atoms with Gasteiger partial charge in [0, 0.05) is 12.8 Å². The van der Waals surface area contributed by atoms with E-state index in [1.165, 1.54) is 4.90 Å². The van der Waals surface area contributed by atoms with Crippen LogP contribution >= 0.6 is 0 Å². The topological polar surface area (TPSA) is 61.2 Å². The van der Waals surface area contributed by atoms with E-state index in [4.69, 9.17) is 5.26 Å². The Morgan fingerprint density at radius 2 is 1.82 bits per heavy atom. The zero-order valence-electron chi connectivity index (χ0n) is 9.35. The quantitative estimate of drug-likeness (QED) is 0.722. The molecule has 0 N–H and O–H groups in total. The predicted molar refractivity (Wildman–Crippen MR) is 60.6 cm³/mol. The highest BCUT2D eigenvalue weighted by atomic mass is 16.2. The minimum atomic E-state index is -0.144. The van der Waals surface area contributed by atoms with Crippen LogP contribution in [0.15, 0.2) is 24.3 Å². The van der Waals surface area contributed by atoms with Gasteiger partial charge in [0.25, 0.3) is 0 Å². The smallest absolute Gasteiger partial charge is 0.229 e. The van der Waals surface area contributed by atoms with E-state index in [-0.39, 0.29) is 18.4 Å². The number of nitriles is 1. The van der Waals surface area contributed by atoms with Gasteiger partial charge in [0.05, 0.1) is 18.2 Å². The van der Waals surface area contributed by atoms with E-state index in [0.29, 0.717) is 24.8 Å². The fraction of sp³-hybridized carbons (Fsp3) is 0.308. The molecule has 1 aliphatic rings. The van der Waals surface area contributed by atoms with Crippen molar-refractivity contribution in [2.45, 2.75) is 25.8 Å². The summed E-state index contributed by atoms with van der Waals surface area (Å²) >= 11 is 0. The average Bonchev–Trinajstić information content (AvgIpc) is 2.34.